The zero-order valence-corrected chi connectivity index (χ0v) is 12.0. The average molecular weight is 274 g/mol. The maximum Gasteiger partial charge on any atom is 0.279 e. The predicted octanol–water partition coefficient (Wildman–Crippen LogP) is 1.78. The van der Waals surface area contributed by atoms with E-state index >= 15 is 0 Å². The van der Waals surface area contributed by atoms with Crippen LogP contribution in [0.5, 0.6) is 0 Å². The van der Waals surface area contributed by atoms with Gasteiger partial charge in [-0.25, -0.2) is 0 Å². The number of unbranched alkanes of at least 4 members (excludes halogenated alkanes) is 1. The van der Waals surface area contributed by atoms with Crippen LogP contribution < -0.4 is 4.72 Å². The summed E-state index contributed by atoms with van der Waals surface area (Å²) in [7, 11) is -1.80. The standard InChI is InChI=1S/C12H22N2O3S/c1-4-5-8-14(3)18(15,16)13-11(2)10-12-7-6-9-17-12/h6-7,9,11,13H,4-5,8,10H2,1-3H3. The van der Waals surface area contributed by atoms with Crippen LogP contribution in [0, 0.1) is 0 Å². The molecule has 0 radical (unpaired) electrons. The van der Waals surface area contributed by atoms with Crippen molar-refractivity contribution in [2.24, 2.45) is 0 Å². The molecule has 0 spiro atoms. The summed E-state index contributed by atoms with van der Waals surface area (Å²) >= 11 is 0. The van der Waals surface area contributed by atoms with E-state index in [-0.39, 0.29) is 6.04 Å². The molecule has 0 aliphatic heterocycles. The van der Waals surface area contributed by atoms with Crippen LogP contribution in [0.2, 0.25) is 0 Å². The molecule has 0 amide bonds. The Morgan fingerprint density at radius 3 is 2.78 bits per heavy atom. The third-order valence-corrected chi connectivity index (χ3v) is 4.38. The Morgan fingerprint density at radius 1 is 1.50 bits per heavy atom. The molecule has 1 aromatic heterocycles. The molecule has 0 saturated heterocycles. The molecule has 1 unspecified atom stereocenters. The number of hydrogen-bond acceptors (Lipinski definition) is 3. The van der Waals surface area contributed by atoms with E-state index in [0.29, 0.717) is 13.0 Å². The summed E-state index contributed by atoms with van der Waals surface area (Å²) in [6.45, 7) is 4.40. The number of nitrogens with zero attached hydrogens (tertiary/aromatic N) is 1. The zero-order valence-electron chi connectivity index (χ0n) is 11.2. The van der Waals surface area contributed by atoms with Crippen molar-refractivity contribution in [3.05, 3.63) is 24.2 Å². The smallest absolute Gasteiger partial charge is 0.279 e. The van der Waals surface area contributed by atoms with Crippen LogP contribution in [0.1, 0.15) is 32.4 Å². The monoisotopic (exact) mass is 274 g/mol. The first-order valence-corrected chi connectivity index (χ1v) is 7.65. The fraction of sp³-hybridized carbons (Fsp3) is 0.667. The molecule has 1 atom stereocenters. The van der Waals surface area contributed by atoms with E-state index in [1.807, 2.05) is 19.9 Å². The highest BCUT2D eigenvalue weighted by Crippen LogP contribution is 2.06. The van der Waals surface area contributed by atoms with Gasteiger partial charge in [0, 0.05) is 26.1 Å². The van der Waals surface area contributed by atoms with E-state index in [4.69, 9.17) is 4.42 Å². The van der Waals surface area contributed by atoms with Crippen LogP contribution in [0.3, 0.4) is 0 Å². The SMILES string of the molecule is CCCCN(C)S(=O)(=O)NC(C)Cc1ccco1. The summed E-state index contributed by atoms with van der Waals surface area (Å²) in [5, 5.41) is 0. The summed E-state index contributed by atoms with van der Waals surface area (Å²) in [5.74, 6) is 0.779. The first kappa shape index (κ1) is 15.2. The van der Waals surface area contributed by atoms with Gasteiger partial charge in [0.1, 0.15) is 5.76 Å². The summed E-state index contributed by atoms with van der Waals surface area (Å²) in [6.07, 6.45) is 3.98. The first-order valence-electron chi connectivity index (χ1n) is 6.21. The molecule has 0 aliphatic carbocycles. The average Bonchev–Trinajstić information content (AvgIpc) is 2.77. The van der Waals surface area contributed by atoms with Crippen LogP contribution in [-0.4, -0.2) is 32.4 Å². The van der Waals surface area contributed by atoms with E-state index < -0.39 is 10.2 Å². The summed E-state index contributed by atoms with van der Waals surface area (Å²) in [4.78, 5) is 0. The second-order valence-electron chi connectivity index (χ2n) is 4.48. The van der Waals surface area contributed by atoms with Gasteiger partial charge < -0.3 is 4.42 Å². The van der Waals surface area contributed by atoms with Crippen molar-refractivity contribution >= 4 is 10.2 Å². The van der Waals surface area contributed by atoms with Crippen molar-refractivity contribution < 1.29 is 12.8 Å². The quantitative estimate of drug-likeness (QED) is 0.786. The largest absolute Gasteiger partial charge is 0.469 e. The lowest BCUT2D eigenvalue weighted by Gasteiger charge is -2.20. The number of rotatable bonds is 8. The van der Waals surface area contributed by atoms with Gasteiger partial charge in [-0.1, -0.05) is 13.3 Å². The summed E-state index contributed by atoms with van der Waals surface area (Å²) < 4.78 is 33.1. The van der Waals surface area contributed by atoms with Crippen molar-refractivity contribution in [2.45, 2.75) is 39.2 Å². The second kappa shape index (κ2) is 6.92. The first-order chi connectivity index (χ1) is 8.45. The van der Waals surface area contributed by atoms with E-state index in [1.54, 1.807) is 19.4 Å². The molecule has 1 rings (SSSR count). The Labute approximate surface area is 109 Å². The van der Waals surface area contributed by atoms with E-state index in [9.17, 15) is 8.42 Å². The number of hydrogen-bond donors (Lipinski definition) is 1. The van der Waals surface area contributed by atoms with Crippen LogP contribution in [-0.2, 0) is 16.6 Å². The van der Waals surface area contributed by atoms with Crippen LogP contribution in [0.15, 0.2) is 22.8 Å². The molecule has 5 nitrogen and oxygen atoms in total. The second-order valence-corrected chi connectivity index (χ2v) is 6.29. The van der Waals surface area contributed by atoms with E-state index in [2.05, 4.69) is 4.72 Å². The molecule has 0 bridgehead atoms. The highest BCUT2D eigenvalue weighted by atomic mass is 32.2. The molecular weight excluding hydrogens is 252 g/mol. The van der Waals surface area contributed by atoms with E-state index in [1.165, 1.54) is 4.31 Å². The Balaban J connectivity index is 2.49. The van der Waals surface area contributed by atoms with Crippen molar-refractivity contribution in [3.63, 3.8) is 0 Å². The Bertz CT molecular complexity index is 428. The van der Waals surface area contributed by atoms with Gasteiger partial charge in [0.15, 0.2) is 0 Å². The van der Waals surface area contributed by atoms with Crippen LogP contribution in [0.25, 0.3) is 0 Å². The topological polar surface area (TPSA) is 62.6 Å². The third-order valence-electron chi connectivity index (χ3n) is 2.67. The summed E-state index contributed by atoms with van der Waals surface area (Å²) in [6, 6.07) is 3.44. The maximum atomic E-state index is 12.0. The molecule has 18 heavy (non-hydrogen) atoms. The number of furan rings is 1. The van der Waals surface area contributed by atoms with Crippen molar-refractivity contribution in [1.82, 2.24) is 9.03 Å². The fourth-order valence-electron chi connectivity index (χ4n) is 1.62. The van der Waals surface area contributed by atoms with Gasteiger partial charge in [0.2, 0.25) is 0 Å². The van der Waals surface area contributed by atoms with Gasteiger partial charge in [-0.2, -0.15) is 17.4 Å². The Morgan fingerprint density at radius 2 is 2.22 bits per heavy atom. The molecule has 1 aromatic rings. The maximum absolute atomic E-state index is 12.0. The zero-order chi connectivity index (χ0) is 13.6. The minimum Gasteiger partial charge on any atom is -0.469 e. The molecule has 104 valence electrons. The molecule has 0 aliphatic rings. The Hall–Kier alpha value is -0.850. The van der Waals surface area contributed by atoms with Crippen molar-refractivity contribution in [1.29, 1.82) is 0 Å². The molecular formula is C12H22N2O3S. The van der Waals surface area contributed by atoms with Gasteiger partial charge in [-0.05, 0) is 25.5 Å². The number of nitrogens with one attached hydrogen (secondary N) is 1. The van der Waals surface area contributed by atoms with Gasteiger partial charge >= 0.3 is 0 Å². The highest BCUT2D eigenvalue weighted by molar-refractivity contribution is 7.87. The lowest BCUT2D eigenvalue weighted by Crippen LogP contribution is -2.43. The predicted molar refractivity (Wildman–Crippen MR) is 71.5 cm³/mol. The van der Waals surface area contributed by atoms with Gasteiger partial charge in [0.25, 0.3) is 10.2 Å². The summed E-state index contributed by atoms with van der Waals surface area (Å²) in [5.41, 5.74) is 0. The minimum absolute atomic E-state index is 0.190. The molecule has 0 saturated carbocycles. The molecule has 0 aromatic carbocycles. The third kappa shape index (κ3) is 4.80. The van der Waals surface area contributed by atoms with Crippen LogP contribution in [0.4, 0.5) is 0 Å². The van der Waals surface area contributed by atoms with E-state index in [0.717, 1.165) is 18.6 Å². The molecule has 1 heterocycles. The highest BCUT2D eigenvalue weighted by Gasteiger charge is 2.20. The van der Waals surface area contributed by atoms with Crippen molar-refractivity contribution in [3.8, 4) is 0 Å². The van der Waals surface area contributed by atoms with Gasteiger partial charge in [-0.15, -0.1) is 0 Å². The fourth-order valence-corrected chi connectivity index (χ4v) is 2.76. The molecule has 1 N–H and O–H groups in total. The minimum atomic E-state index is -3.39. The van der Waals surface area contributed by atoms with Crippen molar-refractivity contribution in [2.75, 3.05) is 13.6 Å². The normalized spacial score (nSPS) is 14.0. The lowest BCUT2D eigenvalue weighted by molar-refractivity contribution is 0.432. The van der Waals surface area contributed by atoms with Crippen LogP contribution >= 0.6 is 0 Å². The van der Waals surface area contributed by atoms with Gasteiger partial charge in [0.05, 0.1) is 6.26 Å². The van der Waals surface area contributed by atoms with Gasteiger partial charge in [-0.3, -0.25) is 0 Å². The molecule has 0 fully saturated rings. The molecule has 6 heteroatoms. The Kier molecular flexibility index (Phi) is 5.84. The lowest BCUT2D eigenvalue weighted by atomic mass is 10.2.